The molecular weight excluding hydrogens is 148 g/mol. The fourth-order valence-corrected chi connectivity index (χ4v) is 2.07. The maximum atomic E-state index is 3.43. The Morgan fingerprint density at radius 2 is 1.83 bits per heavy atom. The van der Waals surface area contributed by atoms with Crippen molar-refractivity contribution in [1.29, 1.82) is 0 Å². The van der Waals surface area contributed by atoms with Crippen molar-refractivity contribution < 1.29 is 0 Å². The van der Waals surface area contributed by atoms with Crippen molar-refractivity contribution >= 4 is 0 Å². The molecule has 1 saturated heterocycles. The van der Waals surface area contributed by atoms with Gasteiger partial charge in [-0.3, -0.25) is 0 Å². The highest BCUT2D eigenvalue weighted by Gasteiger charge is 2.35. The quantitative estimate of drug-likeness (QED) is 0.667. The molecule has 1 aliphatic heterocycles. The number of hydrogen-bond acceptors (Lipinski definition) is 2. The summed E-state index contributed by atoms with van der Waals surface area (Å²) in [6.45, 7) is 4.96. The molecule has 1 aliphatic carbocycles. The Morgan fingerprint density at radius 1 is 1.25 bits per heavy atom. The molecule has 0 spiro atoms. The lowest BCUT2D eigenvalue weighted by atomic mass is 9.90. The molecule has 1 saturated carbocycles. The van der Waals surface area contributed by atoms with Gasteiger partial charge in [-0.1, -0.05) is 0 Å². The normalized spacial score (nSPS) is 30.5. The van der Waals surface area contributed by atoms with Crippen molar-refractivity contribution in [2.45, 2.75) is 44.2 Å². The summed E-state index contributed by atoms with van der Waals surface area (Å²) in [5, 5.41) is 3.43. The molecule has 0 atom stereocenters. The van der Waals surface area contributed by atoms with E-state index in [4.69, 9.17) is 0 Å². The summed E-state index contributed by atoms with van der Waals surface area (Å²) < 4.78 is 0. The molecule has 0 amide bonds. The zero-order chi connectivity index (χ0) is 8.60. The maximum absolute atomic E-state index is 3.43. The third kappa shape index (κ3) is 1.64. The van der Waals surface area contributed by atoms with Crippen LogP contribution in [0.1, 0.15) is 32.6 Å². The predicted octanol–water partition coefficient (Wildman–Crippen LogP) is 1.22. The molecule has 0 aromatic carbocycles. The van der Waals surface area contributed by atoms with Gasteiger partial charge in [0.2, 0.25) is 0 Å². The van der Waals surface area contributed by atoms with Gasteiger partial charge in [-0.2, -0.15) is 0 Å². The monoisotopic (exact) mass is 168 g/mol. The minimum absolute atomic E-state index is 0.422. The van der Waals surface area contributed by atoms with E-state index in [0.29, 0.717) is 5.54 Å². The van der Waals surface area contributed by atoms with E-state index in [2.05, 4.69) is 24.2 Å². The summed E-state index contributed by atoms with van der Waals surface area (Å²) in [6, 6.07) is 0.964. The fraction of sp³-hybridized carbons (Fsp3) is 1.00. The Labute approximate surface area is 75.3 Å². The highest BCUT2D eigenvalue weighted by molar-refractivity contribution is 4.93. The van der Waals surface area contributed by atoms with Crippen LogP contribution in [0, 0.1) is 0 Å². The van der Waals surface area contributed by atoms with Gasteiger partial charge in [-0.25, -0.2) is 0 Å². The van der Waals surface area contributed by atoms with E-state index >= 15 is 0 Å². The number of rotatable bonds is 2. The first-order valence-corrected chi connectivity index (χ1v) is 5.16. The average Bonchev–Trinajstić information content (AvgIpc) is 2.89. The van der Waals surface area contributed by atoms with Crippen molar-refractivity contribution in [3.05, 3.63) is 0 Å². The maximum Gasteiger partial charge on any atom is 0.0174 e. The third-order valence-corrected chi connectivity index (χ3v) is 3.57. The van der Waals surface area contributed by atoms with Gasteiger partial charge >= 0.3 is 0 Å². The van der Waals surface area contributed by atoms with Gasteiger partial charge in [0.1, 0.15) is 0 Å². The molecule has 2 heteroatoms. The zero-order valence-electron chi connectivity index (χ0n) is 8.27. The van der Waals surface area contributed by atoms with Crippen LogP contribution in [0.4, 0.5) is 0 Å². The lowest BCUT2D eigenvalue weighted by molar-refractivity contribution is 0.145. The Morgan fingerprint density at radius 3 is 2.25 bits per heavy atom. The van der Waals surface area contributed by atoms with Crippen LogP contribution < -0.4 is 5.32 Å². The average molecular weight is 168 g/mol. The summed E-state index contributed by atoms with van der Waals surface area (Å²) in [5.74, 6) is 0. The molecule has 12 heavy (non-hydrogen) atoms. The summed E-state index contributed by atoms with van der Waals surface area (Å²) in [7, 11) is 2.09. The molecule has 2 rings (SSSR count). The second-order valence-electron chi connectivity index (χ2n) is 4.58. The Balaban J connectivity index is 1.83. The van der Waals surface area contributed by atoms with E-state index in [1.165, 1.54) is 38.8 Å². The Kier molecular flexibility index (Phi) is 2.13. The Bertz CT molecular complexity index is 155. The predicted molar refractivity (Wildman–Crippen MR) is 51.3 cm³/mol. The molecule has 2 fully saturated rings. The molecular formula is C10H20N2. The number of nitrogens with one attached hydrogen (secondary N) is 1. The van der Waals surface area contributed by atoms with E-state index in [9.17, 15) is 0 Å². The van der Waals surface area contributed by atoms with Crippen LogP contribution in [0.15, 0.2) is 0 Å². The highest BCUT2D eigenvalue weighted by Crippen LogP contribution is 2.31. The number of hydrogen-bond donors (Lipinski definition) is 1. The topological polar surface area (TPSA) is 15.3 Å². The molecule has 0 bridgehead atoms. The second-order valence-corrected chi connectivity index (χ2v) is 4.58. The SMILES string of the molecule is CNC1(C)CCN(C2CC2)CC1. The van der Waals surface area contributed by atoms with E-state index in [1.807, 2.05) is 0 Å². The fourth-order valence-electron chi connectivity index (χ4n) is 2.07. The summed E-state index contributed by atoms with van der Waals surface area (Å²) in [4.78, 5) is 2.67. The molecule has 1 heterocycles. The molecule has 2 aliphatic rings. The van der Waals surface area contributed by atoms with E-state index in [0.717, 1.165) is 6.04 Å². The van der Waals surface area contributed by atoms with Gasteiger partial charge < -0.3 is 10.2 Å². The van der Waals surface area contributed by atoms with Gasteiger partial charge in [-0.05, 0) is 39.7 Å². The van der Waals surface area contributed by atoms with Crippen molar-refractivity contribution in [2.24, 2.45) is 0 Å². The number of nitrogens with zero attached hydrogens (tertiary/aromatic N) is 1. The molecule has 2 nitrogen and oxygen atoms in total. The first-order chi connectivity index (χ1) is 5.73. The molecule has 0 unspecified atom stereocenters. The van der Waals surface area contributed by atoms with Crippen LogP contribution in [0.2, 0.25) is 0 Å². The number of piperidine rings is 1. The first-order valence-electron chi connectivity index (χ1n) is 5.16. The summed E-state index contributed by atoms with van der Waals surface area (Å²) in [6.07, 6.45) is 5.55. The second kappa shape index (κ2) is 3.00. The van der Waals surface area contributed by atoms with Crippen molar-refractivity contribution in [2.75, 3.05) is 20.1 Å². The van der Waals surface area contributed by atoms with E-state index in [-0.39, 0.29) is 0 Å². The molecule has 0 radical (unpaired) electrons. The molecule has 1 N–H and O–H groups in total. The van der Waals surface area contributed by atoms with Crippen molar-refractivity contribution in [1.82, 2.24) is 10.2 Å². The van der Waals surface area contributed by atoms with Crippen LogP contribution in [0.5, 0.6) is 0 Å². The Hall–Kier alpha value is -0.0800. The third-order valence-electron chi connectivity index (χ3n) is 3.57. The van der Waals surface area contributed by atoms with E-state index in [1.54, 1.807) is 0 Å². The van der Waals surface area contributed by atoms with Gasteiger partial charge in [0.25, 0.3) is 0 Å². The standard InChI is InChI=1S/C10H20N2/c1-10(11-2)5-7-12(8-6-10)9-3-4-9/h9,11H,3-8H2,1-2H3. The van der Waals surface area contributed by atoms with Crippen LogP contribution in [-0.2, 0) is 0 Å². The smallest absolute Gasteiger partial charge is 0.0174 e. The lowest BCUT2D eigenvalue weighted by Crippen LogP contribution is -2.50. The van der Waals surface area contributed by atoms with Crippen LogP contribution in [0.25, 0.3) is 0 Å². The number of likely N-dealkylation sites (tertiary alicyclic amines) is 1. The lowest BCUT2D eigenvalue weighted by Gasteiger charge is -2.39. The largest absolute Gasteiger partial charge is 0.314 e. The van der Waals surface area contributed by atoms with Gasteiger partial charge in [-0.15, -0.1) is 0 Å². The summed E-state index contributed by atoms with van der Waals surface area (Å²) >= 11 is 0. The van der Waals surface area contributed by atoms with Gasteiger partial charge in [0, 0.05) is 24.7 Å². The van der Waals surface area contributed by atoms with Crippen LogP contribution in [0.3, 0.4) is 0 Å². The molecule has 0 aromatic rings. The van der Waals surface area contributed by atoms with Gasteiger partial charge in [0.15, 0.2) is 0 Å². The van der Waals surface area contributed by atoms with E-state index < -0.39 is 0 Å². The first kappa shape index (κ1) is 8.52. The minimum atomic E-state index is 0.422. The van der Waals surface area contributed by atoms with Crippen LogP contribution >= 0.6 is 0 Å². The highest BCUT2D eigenvalue weighted by atomic mass is 15.2. The van der Waals surface area contributed by atoms with Crippen molar-refractivity contribution in [3.8, 4) is 0 Å². The van der Waals surface area contributed by atoms with Crippen molar-refractivity contribution in [3.63, 3.8) is 0 Å². The van der Waals surface area contributed by atoms with Crippen LogP contribution in [-0.4, -0.2) is 36.6 Å². The summed E-state index contributed by atoms with van der Waals surface area (Å²) in [5.41, 5.74) is 0.422. The minimum Gasteiger partial charge on any atom is -0.314 e. The molecule has 0 aromatic heterocycles. The zero-order valence-corrected chi connectivity index (χ0v) is 8.27. The van der Waals surface area contributed by atoms with Gasteiger partial charge in [0.05, 0.1) is 0 Å². The molecule has 70 valence electrons.